The first-order valence-electron chi connectivity index (χ1n) is 5.55. The second kappa shape index (κ2) is 7.51. The van der Waals surface area contributed by atoms with Crippen LogP contribution in [-0.4, -0.2) is 35.3 Å². The van der Waals surface area contributed by atoms with Crippen molar-refractivity contribution in [1.82, 2.24) is 10.0 Å². The molecule has 3 N–H and O–H groups in total. The first-order chi connectivity index (χ1) is 7.68. The Morgan fingerprint density at radius 3 is 2.88 bits per heavy atom. The summed E-state index contributed by atoms with van der Waals surface area (Å²) in [5.41, 5.74) is 0. The van der Waals surface area contributed by atoms with Crippen LogP contribution < -0.4 is 10.0 Å². The molecular weight excluding hydrogens is 228 g/mol. The molecule has 16 heavy (non-hydrogen) atoms. The van der Waals surface area contributed by atoms with Gasteiger partial charge in [-0.15, -0.1) is 0 Å². The van der Waals surface area contributed by atoms with E-state index in [-0.39, 0.29) is 12.5 Å². The van der Waals surface area contributed by atoms with Gasteiger partial charge in [0.1, 0.15) is 6.54 Å². The number of amides is 1. The summed E-state index contributed by atoms with van der Waals surface area (Å²) in [6.45, 7) is 0.801. The normalized spacial score (nSPS) is 19.6. The Morgan fingerprint density at radius 2 is 2.25 bits per heavy atom. The number of aliphatic carboxylic acids is 1. The second-order valence-corrected chi connectivity index (χ2v) is 5.03. The van der Waals surface area contributed by atoms with E-state index in [1.807, 2.05) is 0 Å². The Morgan fingerprint density at radius 1 is 1.44 bits per heavy atom. The van der Waals surface area contributed by atoms with Crippen LogP contribution in [0.5, 0.6) is 0 Å². The third-order valence-electron chi connectivity index (χ3n) is 2.44. The molecule has 1 aliphatic rings. The van der Waals surface area contributed by atoms with E-state index in [1.165, 1.54) is 6.42 Å². The van der Waals surface area contributed by atoms with Gasteiger partial charge < -0.3 is 10.4 Å². The van der Waals surface area contributed by atoms with Crippen molar-refractivity contribution in [2.45, 2.75) is 37.4 Å². The molecule has 5 nitrogen and oxygen atoms in total. The lowest BCUT2D eigenvalue weighted by Gasteiger charge is -2.06. The molecule has 0 aromatic heterocycles. The van der Waals surface area contributed by atoms with Crippen LogP contribution in [0.4, 0.5) is 0 Å². The van der Waals surface area contributed by atoms with Gasteiger partial charge in [0.2, 0.25) is 5.91 Å². The van der Waals surface area contributed by atoms with Crippen molar-refractivity contribution in [3.8, 4) is 0 Å². The van der Waals surface area contributed by atoms with Crippen LogP contribution in [0.25, 0.3) is 0 Å². The van der Waals surface area contributed by atoms with E-state index >= 15 is 0 Å². The average molecular weight is 246 g/mol. The lowest BCUT2D eigenvalue weighted by atomic mass is 10.1. The molecule has 0 bridgehead atoms. The van der Waals surface area contributed by atoms with Gasteiger partial charge in [-0.2, -0.15) is 0 Å². The zero-order valence-corrected chi connectivity index (χ0v) is 10.0. The molecule has 0 saturated carbocycles. The highest BCUT2D eigenvalue weighted by Gasteiger charge is 2.14. The highest BCUT2D eigenvalue weighted by atomic mass is 32.2. The summed E-state index contributed by atoms with van der Waals surface area (Å²) in [5, 5.41) is 11.4. The molecule has 1 unspecified atom stereocenters. The summed E-state index contributed by atoms with van der Waals surface area (Å²) < 4.78 is 3.23. The summed E-state index contributed by atoms with van der Waals surface area (Å²) in [4.78, 5) is 21.3. The summed E-state index contributed by atoms with van der Waals surface area (Å²) >= 11 is 1.79. The standard InChI is InChI=1S/C10H18N2O3S/c13-9(11-7-10(14)15)4-2-1-3-8-5-6-12-16-8/h8,12H,1-7H2,(H,11,13)(H,14,15). The molecular formula is C10H18N2O3S. The number of carbonyl (C=O) groups is 2. The van der Waals surface area contributed by atoms with Crippen LogP contribution >= 0.6 is 11.9 Å². The van der Waals surface area contributed by atoms with Gasteiger partial charge in [0.25, 0.3) is 0 Å². The predicted molar refractivity (Wildman–Crippen MR) is 63.1 cm³/mol. The van der Waals surface area contributed by atoms with Gasteiger partial charge in [0.05, 0.1) is 0 Å². The summed E-state index contributed by atoms with van der Waals surface area (Å²) in [5.74, 6) is -1.17. The topological polar surface area (TPSA) is 78.4 Å². The Bertz CT molecular complexity index is 242. The molecule has 0 aliphatic carbocycles. The van der Waals surface area contributed by atoms with Gasteiger partial charge in [-0.25, -0.2) is 0 Å². The van der Waals surface area contributed by atoms with Gasteiger partial charge >= 0.3 is 5.97 Å². The van der Waals surface area contributed by atoms with Gasteiger partial charge in [0, 0.05) is 18.2 Å². The molecule has 0 spiro atoms. The molecule has 1 rings (SSSR count). The molecule has 6 heteroatoms. The van der Waals surface area contributed by atoms with Crippen molar-refractivity contribution < 1.29 is 14.7 Å². The molecule has 1 saturated heterocycles. The van der Waals surface area contributed by atoms with E-state index in [4.69, 9.17) is 5.11 Å². The zero-order valence-electron chi connectivity index (χ0n) is 9.20. The van der Waals surface area contributed by atoms with Gasteiger partial charge in [-0.05, 0) is 19.3 Å². The van der Waals surface area contributed by atoms with E-state index < -0.39 is 5.97 Å². The summed E-state index contributed by atoms with van der Waals surface area (Å²) in [7, 11) is 0. The maximum absolute atomic E-state index is 11.2. The minimum atomic E-state index is -0.998. The number of carboxylic acids is 1. The highest BCUT2D eigenvalue weighted by molar-refractivity contribution is 7.98. The molecule has 1 atom stereocenters. The SMILES string of the molecule is O=C(O)CNC(=O)CCCCC1CCNS1. The van der Waals surface area contributed by atoms with Crippen molar-refractivity contribution in [1.29, 1.82) is 0 Å². The molecule has 0 aromatic rings. The van der Waals surface area contributed by atoms with Gasteiger partial charge in [0.15, 0.2) is 0 Å². The molecule has 0 aromatic carbocycles. The smallest absolute Gasteiger partial charge is 0.322 e. The second-order valence-electron chi connectivity index (χ2n) is 3.84. The summed E-state index contributed by atoms with van der Waals surface area (Å²) in [6.07, 6.45) is 4.63. The number of nitrogens with one attached hydrogen (secondary N) is 2. The maximum Gasteiger partial charge on any atom is 0.322 e. The van der Waals surface area contributed by atoms with Crippen LogP contribution in [0, 0.1) is 0 Å². The number of hydrogen-bond acceptors (Lipinski definition) is 4. The van der Waals surface area contributed by atoms with E-state index in [9.17, 15) is 9.59 Å². The minimum Gasteiger partial charge on any atom is -0.480 e. The lowest BCUT2D eigenvalue weighted by molar-refractivity contribution is -0.137. The van der Waals surface area contributed by atoms with Gasteiger partial charge in [-0.3, -0.25) is 14.3 Å². The molecule has 1 heterocycles. The zero-order chi connectivity index (χ0) is 11.8. The van der Waals surface area contributed by atoms with Crippen LogP contribution in [-0.2, 0) is 9.59 Å². The predicted octanol–water partition coefficient (Wildman–Crippen LogP) is 0.758. The molecule has 1 amide bonds. The minimum absolute atomic E-state index is 0.167. The van der Waals surface area contributed by atoms with Crippen molar-refractivity contribution >= 4 is 23.8 Å². The number of carboxylic acid groups (broad SMARTS) is 1. The first kappa shape index (κ1) is 13.3. The molecule has 1 fully saturated rings. The third-order valence-corrected chi connectivity index (χ3v) is 3.61. The van der Waals surface area contributed by atoms with Gasteiger partial charge in [-0.1, -0.05) is 18.4 Å². The van der Waals surface area contributed by atoms with E-state index in [2.05, 4.69) is 10.0 Å². The van der Waals surface area contributed by atoms with Crippen molar-refractivity contribution in [3.05, 3.63) is 0 Å². The largest absolute Gasteiger partial charge is 0.480 e. The van der Waals surface area contributed by atoms with E-state index in [0.717, 1.165) is 25.8 Å². The fourth-order valence-corrected chi connectivity index (χ4v) is 2.57. The fraction of sp³-hybridized carbons (Fsp3) is 0.800. The molecule has 1 aliphatic heterocycles. The quantitative estimate of drug-likeness (QED) is 0.456. The first-order valence-corrected chi connectivity index (χ1v) is 6.43. The Balaban J connectivity index is 1.93. The van der Waals surface area contributed by atoms with Crippen LogP contribution in [0.3, 0.4) is 0 Å². The molecule has 92 valence electrons. The number of rotatable bonds is 7. The number of carbonyl (C=O) groups excluding carboxylic acids is 1. The Hall–Kier alpha value is -0.750. The number of hydrogen-bond donors (Lipinski definition) is 3. The maximum atomic E-state index is 11.2. The van der Waals surface area contributed by atoms with Crippen LogP contribution in [0.1, 0.15) is 32.1 Å². The average Bonchev–Trinajstić information content (AvgIpc) is 2.74. The molecule has 0 radical (unpaired) electrons. The van der Waals surface area contributed by atoms with Crippen molar-refractivity contribution in [2.75, 3.05) is 13.1 Å². The van der Waals surface area contributed by atoms with E-state index in [0.29, 0.717) is 11.7 Å². The van der Waals surface area contributed by atoms with Crippen LogP contribution in [0.2, 0.25) is 0 Å². The Labute approximate surface area is 99.5 Å². The highest BCUT2D eigenvalue weighted by Crippen LogP contribution is 2.22. The fourth-order valence-electron chi connectivity index (χ4n) is 1.58. The third kappa shape index (κ3) is 5.97. The van der Waals surface area contributed by atoms with Crippen molar-refractivity contribution in [2.24, 2.45) is 0 Å². The monoisotopic (exact) mass is 246 g/mol. The van der Waals surface area contributed by atoms with Crippen molar-refractivity contribution in [3.63, 3.8) is 0 Å². The van der Waals surface area contributed by atoms with E-state index in [1.54, 1.807) is 11.9 Å². The summed E-state index contributed by atoms with van der Waals surface area (Å²) in [6, 6.07) is 0. The lowest BCUT2D eigenvalue weighted by Crippen LogP contribution is -2.28. The Kier molecular flexibility index (Phi) is 6.25. The number of unbranched alkanes of at least 4 members (excludes halogenated alkanes) is 1. The van der Waals surface area contributed by atoms with Crippen LogP contribution in [0.15, 0.2) is 0 Å².